The maximum Gasteiger partial charge on any atom is 0.229 e. The summed E-state index contributed by atoms with van der Waals surface area (Å²) in [6.45, 7) is 6.45. The quantitative estimate of drug-likeness (QED) is 0.608. The first-order valence-electron chi connectivity index (χ1n) is 10.4. The lowest BCUT2D eigenvalue weighted by Gasteiger charge is -2.20. The molecular formula is C26H26N2O3. The summed E-state index contributed by atoms with van der Waals surface area (Å²) >= 11 is 0. The topological polar surface area (TPSA) is 58.6 Å². The minimum absolute atomic E-state index is 0.0179. The molecule has 3 aromatic carbocycles. The lowest BCUT2D eigenvalue weighted by atomic mass is 10.1. The highest BCUT2D eigenvalue weighted by Gasteiger charge is 2.35. The van der Waals surface area contributed by atoms with Crippen LogP contribution in [0.15, 0.2) is 66.7 Å². The van der Waals surface area contributed by atoms with Gasteiger partial charge in [-0.2, -0.15) is 0 Å². The molecule has 5 heteroatoms. The predicted molar refractivity (Wildman–Crippen MR) is 123 cm³/mol. The second-order valence-electron chi connectivity index (χ2n) is 8.05. The summed E-state index contributed by atoms with van der Waals surface area (Å²) in [5.74, 6) is 0.914. The lowest BCUT2D eigenvalue weighted by Crippen LogP contribution is -2.28. The second-order valence-corrected chi connectivity index (χ2v) is 8.05. The number of benzene rings is 3. The summed E-state index contributed by atoms with van der Waals surface area (Å²) in [5, 5.41) is 2.93. The summed E-state index contributed by atoms with van der Waals surface area (Å²) in [4.78, 5) is 27.1. The Morgan fingerprint density at radius 3 is 2.26 bits per heavy atom. The van der Waals surface area contributed by atoms with Gasteiger partial charge in [0.25, 0.3) is 0 Å². The number of carbonyl (C=O) groups excluding carboxylic acids is 2. The van der Waals surface area contributed by atoms with E-state index in [-0.39, 0.29) is 24.2 Å². The monoisotopic (exact) mass is 414 g/mol. The molecule has 1 atom stereocenters. The molecule has 0 bridgehead atoms. The van der Waals surface area contributed by atoms with Gasteiger partial charge >= 0.3 is 0 Å². The fourth-order valence-electron chi connectivity index (χ4n) is 3.74. The lowest BCUT2D eigenvalue weighted by molar-refractivity contribution is -0.122. The third-order valence-electron chi connectivity index (χ3n) is 5.74. The molecule has 2 amide bonds. The first kappa shape index (κ1) is 20.7. The van der Waals surface area contributed by atoms with Crippen molar-refractivity contribution in [2.24, 2.45) is 5.92 Å². The van der Waals surface area contributed by atoms with Crippen molar-refractivity contribution in [1.82, 2.24) is 0 Å². The minimum atomic E-state index is -0.379. The molecule has 31 heavy (non-hydrogen) atoms. The molecule has 3 aromatic rings. The van der Waals surface area contributed by atoms with E-state index < -0.39 is 0 Å². The SMILES string of the molecule is Cc1ccc(Oc2ccc(NC(=O)[C@@H]3CC(=O)N(c4cccc(C)c4C)C3)cc2)cc1. The number of hydrogen-bond acceptors (Lipinski definition) is 3. The van der Waals surface area contributed by atoms with Gasteiger partial charge in [0, 0.05) is 24.3 Å². The molecular weight excluding hydrogens is 388 g/mol. The van der Waals surface area contributed by atoms with E-state index >= 15 is 0 Å². The number of anilines is 2. The highest BCUT2D eigenvalue weighted by molar-refractivity contribution is 6.03. The first-order chi connectivity index (χ1) is 14.9. The van der Waals surface area contributed by atoms with Gasteiger partial charge in [0.15, 0.2) is 0 Å². The highest BCUT2D eigenvalue weighted by Crippen LogP contribution is 2.30. The number of aryl methyl sites for hydroxylation is 2. The largest absolute Gasteiger partial charge is 0.457 e. The van der Waals surface area contributed by atoms with Crippen molar-refractivity contribution in [3.8, 4) is 11.5 Å². The molecule has 1 heterocycles. The number of rotatable bonds is 5. The molecule has 0 aliphatic carbocycles. The maximum absolute atomic E-state index is 12.8. The van der Waals surface area contributed by atoms with E-state index in [4.69, 9.17) is 4.74 Å². The van der Waals surface area contributed by atoms with E-state index in [1.165, 1.54) is 5.56 Å². The van der Waals surface area contributed by atoms with Crippen molar-refractivity contribution in [3.05, 3.63) is 83.4 Å². The van der Waals surface area contributed by atoms with Crippen LogP contribution in [0, 0.1) is 26.7 Å². The molecule has 5 nitrogen and oxygen atoms in total. The first-order valence-corrected chi connectivity index (χ1v) is 10.4. The molecule has 1 saturated heterocycles. The molecule has 1 aliphatic rings. The second kappa shape index (κ2) is 8.64. The third kappa shape index (κ3) is 4.61. The van der Waals surface area contributed by atoms with Crippen LogP contribution in [0.5, 0.6) is 11.5 Å². The number of ether oxygens (including phenoxy) is 1. The van der Waals surface area contributed by atoms with Gasteiger partial charge in [-0.25, -0.2) is 0 Å². The van der Waals surface area contributed by atoms with Crippen LogP contribution >= 0.6 is 0 Å². The van der Waals surface area contributed by atoms with Gasteiger partial charge in [-0.15, -0.1) is 0 Å². The molecule has 0 aromatic heterocycles. The van der Waals surface area contributed by atoms with Gasteiger partial charge in [0.2, 0.25) is 11.8 Å². The summed E-state index contributed by atoms with van der Waals surface area (Å²) in [6.07, 6.45) is 0.216. The fourth-order valence-corrected chi connectivity index (χ4v) is 3.74. The van der Waals surface area contributed by atoms with Crippen molar-refractivity contribution in [2.45, 2.75) is 27.2 Å². The number of carbonyl (C=O) groups is 2. The molecule has 158 valence electrons. The van der Waals surface area contributed by atoms with Crippen LogP contribution in [0.1, 0.15) is 23.1 Å². The fraction of sp³-hybridized carbons (Fsp3) is 0.231. The minimum Gasteiger partial charge on any atom is -0.457 e. The van der Waals surface area contributed by atoms with E-state index in [1.54, 1.807) is 17.0 Å². The van der Waals surface area contributed by atoms with E-state index in [9.17, 15) is 9.59 Å². The van der Waals surface area contributed by atoms with Crippen LogP contribution in [0.3, 0.4) is 0 Å². The van der Waals surface area contributed by atoms with Crippen molar-refractivity contribution < 1.29 is 14.3 Å². The van der Waals surface area contributed by atoms with Crippen LogP contribution in [0.25, 0.3) is 0 Å². The van der Waals surface area contributed by atoms with Gasteiger partial charge in [-0.3, -0.25) is 9.59 Å². The van der Waals surface area contributed by atoms with Crippen molar-refractivity contribution in [1.29, 1.82) is 0 Å². The molecule has 0 saturated carbocycles. The predicted octanol–water partition coefficient (Wildman–Crippen LogP) is 5.40. The van der Waals surface area contributed by atoms with Crippen molar-refractivity contribution in [3.63, 3.8) is 0 Å². The highest BCUT2D eigenvalue weighted by atomic mass is 16.5. The zero-order chi connectivity index (χ0) is 22.0. The molecule has 0 unspecified atom stereocenters. The summed E-state index contributed by atoms with van der Waals surface area (Å²) in [5.41, 5.74) is 4.94. The van der Waals surface area contributed by atoms with Gasteiger partial charge < -0.3 is 15.0 Å². The summed E-state index contributed by atoms with van der Waals surface area (Å²) < 4.78 is 5.83. The van der Waals surface area contributed by atoms with E-state index in [1.807, 2.05) is 75.4 Å². The van der Waals surface area contributed by atoms with Crippen LogP contribution in [0.2, 0.25) is 0 Å². The molecule has 0 radical (unpaired) electrons. The average Bonchev–Trinajstić information content (AvgIpc) is 3.15. The number of nitrogens with zero attached hydrogens (tertiary/aromatic N) is 1. The third-order valence-corrected chi connectivity index (χ3v) is 5.74. The normalized spacial score (nSPS) is 15.8. The van der Waals surface area contributed by atoms with Gasteiger partial charge in [0.05, 0.1) is 5.92 Å². The summed E-state index contributed by atoms with van der Waals surface area (Å²) in [6, 6.07) is 21.0. The standard InChI is InChI=1S/C26H26N2O3/c1-17-7-11-22(12-8-17)31-23-13-9-21(10-14-23)27-26(30)20-15-25(29)28(16-20)24-6-4-5-18(2)19(24)3/h4-14,20H,15-16H2,1-3H3,(H,27,30)/t20-/m1/s1. The Labute approximate surface area is 182 Å². The number of amides is 2. The Morgan fingerprint density at radius 1 is 0.935 bits per heavy atom. The van der Waals surface area contributed by atoms with Gasteiger partial charge in [0.1, 0.15) is 11.5 Å². The molecule has 0 spiro atoms. The smallest absolute Gasteiger partial charge is 0.229 e. The molecule has 4 rings (SSSR count). The zero-order valence-corrected chi connectivity index (χ0v) is 18.0. The molecule has 1 fully saturated rings. The Kier molecular flexibility index (Phi) is 5.76. The van der Waals surface area contributed by atoms with Crippen LogP contribution in [-0.2, 0) is 9.59 Å². The Hall–Kier alpha value is -3.60. The Balaban J connectivity index is 1.38. The van der Waals surface area contributed by atoms with Crippen LogP contribution in [-0.4, -0.2) is 18.4 Å². The van der Waals surface area contributed by atoms with Gasteiger partial charge in [-0.1, -0.05) is 29.8 Å². The Morgan fingerprint density at radius 2 is 1.58 bits per heavy atom. The average molecular weight is 415 g/mol. The molecule has 1 N–H and O–H groups in total. The van der Waals surface area contributed by atoms with Crippen molar-refractivity contribution >= 4 is 23.2 Å². The van der Waals surface area contributed by atoms with Crippen molar-refractivity contribution in [2.75, 3.05) is 16.8 Å². The van der Waals surface area contributed by atoms with E-state index in [2.05, 4.69) is 5.32 Å². The van der Waals surface area contributed by atoms with E-state index in [0.29, 0.717) is 18.0 Å². The number of nitrogens with one attached hydrogen (secondary N) is 1. The summed E-state index contributed by atoms with van der Waals surface area (Å²) in [7, 11) is 0. The van der Waals surface area contributed by atoms with Crippen LogP contribution < -0.4 is 15.0 Å². The maximum atomic E-state index is 12.8. The number of hydrogen-bond donors (Lipinski definition) is 1. The van der Waals surface area contributed by atoms with Gasteiger partial charge in [-0.05, 0) is 74.4 Å². The zero-order valence-electron chi connectivity index (χ0n) is 18.0. The Bertz CT molecular complexity index is 1100. The van der Waals surface area contributed by atoms with Crippen LogP contribution in [0.4, 0.5) is 11.4 Å². The van der Waals surface area contributed by atoms with E-state index in [0.717, 1.165) is 22.6 Å². The molecule has 1 aliphatic heterocycles.